The molecule has 2 heterocycles. The number of alkyl halides is 1. The van der Waals surface area contributed by atoms with Crippen LogP contribution in [0.1, 0.15) is 6.42 Å². The molecule has 0 radical (unpaired) electrons. The van der Waals surface area contributed by atoms with Gasteiger partial charge in [-0.2, -0.15) is 0 Å². The molecular formula is C16H15Cl2F2N3O. The van der Waals surface area contributed by atoms with Crippen LogP contribution in [0.5, 0.6) is 0 Å². The average Bonchev–Trinajstić information content (AvgIpc) is 2.97. The molecule has 2 atom stereocenters. The predicted molar refractivity (Wildman–Crippen MR) is 91.8 cm³/mol. The second-order valence-corrected chi connectivity index (χ2v) is 5.69. The van der Waals surface area contributed by atoms with Crippen LogP contribution >= 0.6 is 24.0 Å². The van der Waals surface area contributed by atoms with Crippen LogP contribution in [0.2, 0.25) is 5.02 Å². The van der Waals surface area contributed by atoms with Gasteiger partial charge in [-0.15, -0.1) is 12.4 Å². The van der Waals surface area contributed by atoms with Crippen molar-refractivity contribution in [2.24, 2.45) is 0 Å². The van der Waals surface area contributed by atoms with E-state index in [-0.39, 0.29) is 36.6 Å². The number of carbonyl (C=O) groups excluding carboxylic acids is 1. The summed E-state index contributed by atoms with van der Waals surface area (Å²) < 4.78 is 27.8. The Kier molecular flexibility index (Phi) is 6.10. The molecule has 1 aliphatic heterocycles. The normalized spacial score (nSPS) is 19.6. The van der Waals surface area contributed by atoms with Crippen LogP contribution < -0.4 is 10.6 Å². The Hall–Kier alpha value is -1.76. The van der Waals surface area contributed by atoms with Crippen molar-refractivity contribution in [3.8, 4) is 11.3 Å². The van der Waals surface area contributed by atoms with Crippen LogP contribution in [0.3, 0.4) is 0 Å². The highest BCUT2D eigenvalue weighted by Gasteiger charge is 2.29. The number of carbonyl (C=O) groups is 1. The quantitative estimate of drug-likeness (QED) is 0.863. The molecule has 24 heavy (non-hydrogen) atoms. The van der Waals surface area contributed by atoms with Gasteiger partial charge in [-0.1, -0.05) is 17.7 Å². The maximum absolute atomic E-state index is 14.7. The maximum atomic E-state index is 14.7. The monoisotopic (exact) mass is 373 g/mol. The third-order valence-electron chi connectivity index (χ3n) is 3.66. The molecule has 1 saturated heterocycles. The molecule has 1 aromatic carbocycles. The van der Waals surface area contributed by atoms with Gasteiger partial charge in [-0.25, -0.2) is 8.78 Å². The second-order valence-electron chi connectivity index (χ2n) is 5.28. The average molecular weight is 374 g/mol. The van der Waals surface area contributed by atoms with Crippen molar-refractivity contribution >= 4 is 35.6 Å². The lowest BCUT2D eigenvalue weighted by atomic mass is 10.1. The van der Waals surface area contributed by atoms with Crippen molar-refractivity contribution in [3.05, 3.63) is 47.4 Å². The van der Waals surface area contributed by atoms with Gasteiger partial charge in [0.05, 0.1) is 22.4 Å². The molecule has 0 spiro atoms. The van der Waals surface area contributed by atoms with Crippen LogP contribution in [-0.4, -0.2) is 29.6 Å². The summed E-state index contributed by atoms with van der Waals surface area (Å²) in [6, 6.07) is 7.16. The minimum atomic E-state index is -1.06. The highest BCUT2D eigenvalue weighted by molar-refractivity contribution is 6.33. The summed E-state index contributed by atoms with van der Waals surface area (Å²) in [5.41, 5.74) is 0.500. The van der Waals surface area contributed by atoms with E-state index in [1.807, 2.05) is 0 Å². The third-order valence-corrected chi connectivity index (χ3v) is 3.97. The lowest BCUT2D eigenvalue weighted by Crippen LogP contribution is -2.35. The highest BCUT2D eigenvalue weighted by atomic mass is 35.5. The number of hydrogen-bond acceptors (Lipinski definition) is 3. The molecule has 1 amide bonds. The van der Waals surface area contributed by atoms with Gasteiger partial charge in [-0.05, 0) is 24.3 Å². The maximum Gasteiger partial charge on any atom is 0.241 e. The lowest BCUT2D eigenvalue weighted by Gasteiger charge is -2.13. The first-order valence-electron chi connectivity index (χ1n) is 7.14. The molecule has 0 aliphatic carbocycles. The van der Waals surface area contributed by atoms with E-state index < -0.39 is 23.9 Å². The molecule has 2 aromatic rings. The number of nitrogens with one attached hydrogen (secondary N) is 2. The highest BCUT2D eigenvalue weighted by Crippen LogP contribution is 2.31. The molecule has 4 nitrogen and oxygen atoms in total. The molecule has 128 valence electrons. The van der Waals surface area contributed by atoms with E-state index in [1.165, 1.54) is 18.3 Å². The van der Waals surface area contributed by atoms with Crippen LogP contribution in [0.4, 0.5) is 14.5 Å². The molecule has 2 N–H and O–H groups in total. The van der Waals surface area contributed by atoms with E-state index >= 15 is 0 Å². The topological polar surface area (TPSA) is 54.0 Å². The Morgan fingerprint density at radius 3 is 2.79 bits per heavy atom. The van der Waals surface area contributed by atoms with Gasteiger partial charge < -0.3 is 10.6 Å². The van der Waals surface area contributed by atoms with Crippen LogP contribution in [0.25, 0.3) is 11.3 Å². The first-order chi connectivity index (χ1) is 11.1. The zero-order valence-electron chi connectivity index (χ0n) is 12.4. The van der Waals surface area contributed by atoms with Gasteiger partial charge in [0.15, 0.2) is 5.82 Å². The smallest absolute Gasteiger partial charge is 0.241 e. The zero-order chi connectivity index (χ0) is 16.4. The lowest BCUT2D eigenvalue weighted by molar-refractivity contribution is -0.117. The van der Waals surface area contributed by atoms with E-state index in [0.717, 1.165) is 0 Å². The molecule has 0 saturated carbocycles. The minimum Gasteiger partial charge on any atom is -0.322 e. The Balaban J connectivity index is 0.00000208. The van der Waals surface area contributed by atoms with Crippen molar-refractivity contribution < 1.29 is 13.6 Å². The van der Waals surface area contributed by atoms with Crippen molar-refractivity contribution in [1.82, 2.24) is 10.3 Å². The number of nitrogens with zero attached hydrogens (tertiary/aromatic N) is 1. The van der Waals surface area contributed by atoms with E-state index in [9.17, 15) is 13.6 Å². The van der Waals surface area contributed by atoms with Crippen LogP contribution in [-0.2, 0) is 4.79 Å². The molecular weight excluding hydrogens is 359 g/mol. The van der Waals surface area contributed by atoms with Crippen LogP contribution in [0.15, 0.2) is 36.5 Å². The van der Waals surface area contributed by atoms with Crippen molar-refractivity contribution in [2.45, 2.75) is 18.6 Å². The Labute approximate surface area is 149 Å². The Bertz CT molecular complexity index is 745. The Morgan fingerprint density at radius 1 is 1.33 bits per heavy atom. The first-order valence-corrected chi connectivity index (χ1v) is 7.52. The zero-order valence-corrected chi connectivity index (χ0v) is 14.0. The van der Waals surface area contributed by atoms with E-state index in [2.05, 4.69) is 15.6 Å². The number of rotatable bonds is 3. The number of pyridine rings is 1. The molecule has 2 unspecified atom stereocenters. The molecule has 1 aromatic heterocycles. The minimum absolute atomic E-state index is 0. The van der Waals surface area contributed by atoms with Crippen molar-refractivity contribution in [2.75, 3.05) is 11.9 Å². The summed E-state index contributed by atoms with van der Waals surface area (Å²) in [6.45, 7) is 0.129. The standard InChI is InChI=1S/C16H14ClF2N3O.ClH/c17-11-4-2-6-20-15(11)10-3-1-5-12(14(10)19)22-16(23)13-7-9(18)8-21-13;/h1-6,9,13,21H,7-8H2,(H,22,23);1H. The van der Waals surface area contributed by atoms with Crippen molar-refractivity contribution in [1.29, 1.82) is 0 Å². The summed E-state index contributed by atoms with van der Waals surface area (Å²) in [4.78, 5) is 16.1. The molecule has 1 fully saturated rings. The molecule has 3 rings (SSSR count). The van der Waals surface area contributed by atoms with Gasteiger partial charge in [0.2, 0.25) is 5.91 Å². The van der Waals surface area contributed by atoms with Gasteiger partial charge in [0.1, 0.15) is 6.17 Å². The summed E-state index contributed by atoms with van der Waals surface area (Å²) in [6.07, 6.45) is 0.531. The fourth-order valence-corrected chi connectivity index (χ4v) is 2.73. The van der Waals surface area contributed by atoms with Gasteiger partial charge in [-0.3, -0.25) is 9.78 Å². The number of amides is 1. The second kappa shape index (κ2) is 7.88. The largest absolute Gasteiger partial charge is 0.322 e. The molecule has 0 bridgehead atoms. The van der Waals surface area contributed by atoms with E-state index in [1.54, 1.807) is 18.2 Å². The number of anilines is 1. The molecule has 1 aliphatic rings. The number of halogens is 4. The van der Waals surface area contributed by atoms with E-state index in [4.69, 9.17) is 11.6 Å². The first kappa shape index (κ1) is 18.6. The van der Waals surface area contributed by atoms with Gasteiger partial charge in [0.25, 0.3) is 0 Å². The predicted octanol–water partition coefficient (Wildman–Crippen LogP) is 3.60. The van der Waals surface area contributed by atoms with Crippen molar-refractivity contribution in [3.63, 3.8) is 0 Å². The van der Waals surface area contributed by atoms with Gasteiger partial charge >= 0.3 is 0 Å². The third kappa shape index (κ3) is 3.83. The fraction of sp³-hybridized carbons (Fsp3) is 0.250. The number of aromatic nitrogens is 1. The summed E-state index contributed by atoms with van der Waals surface area (Å²) in [5, 5.41) is 5.56. The summed E-state index contributed by atoms with van der Waals surface area (Å²) >= 11 is 6.04. The summed E-state index contributed by atoms with van der Waals surface area (Å²) in [5.74, 6) is -1.09. The van der Waals surface area contributed by atoms with Crippen LogP contribution in [0, 0.1) is 5.82 Å². The number of hydrogen-bond donors (Lipinski definition) is 2. The molecule has 8 heteroatoms. The van der Waals surface area contributed by atoms with E-state index in [0.29, 0.717) is 10.7 Å². The summed E-state index contributed by atoms with van der Waals surface area (Å²) in [7, 11) is 0. The SMILES string of the molecule is Cl.O=C(Nc1cccc(-c2ncccc2Cl)c1F)C1CC(F)CN1. The van der Waals surface area contributed by atoms with Gasteiger partial charge in [0, 0.05) is 24.7 Å². The fourth-order valence-electron chi connectivity index (χ4n) is 2.51. The number of benzene rings is 1. The Morgan fingerprint density at radius 2 is 2.12 bits per heavy atom.